The summed E-state index contributed by atoms with van der Waals surface area (Å²) in [4.78, 5) is 4.73. The average Bonchev–Trinajstić information content (AvgIpc) is 2.92. The molecule has 2 heterocycles. The van der Waals surface area contributed by atoms with Gasteiger partial charge in [0.2, 0.25) is 0 Å². The number of halogens is 1. The van der Waals surface area contributed by atoms with E-state index in [4.69, 9.17) is 16.6 Å². The molecule has 4 aromatic rings. The Morgan fingerprint density at radius 3 is 2.52 bits per heavy atom. The van der Waals surface area contributed by atoms with Gasteiger partial charge in [-0.15, -0.1) is 11.6 Å². The Hall–Kier alpha value is -2.32. The standard InChI is InChI=1S/C20H17ClN2/c1-14-13-22-20(15-7-3-2-4-8-15)23-18-10-6-5-9-16(18)17(11-12-21)19(14)23/h2-10,13H,11-12H2,1H3. The van der Waals surface area contributed by atoms with Crippen LogP contribution in [0.15, 0.2) is 60.8 Å². The molecule has 0 unspecified atom stereocenters. The van der Waals surface area contributed by atoms with Gasteiger partial charge < -0.3 is 0 Å². The fraction of sp³-hybridized carbons (Fsp3) is 0.150. The van der Waals surface area contributed by atoms with Crippen molar-refractivity contribution in [2.24, 2.45) is 0 Å². The molecule has 0 bridgehead atoms. The molecular formula is C20H17ClN2. The third-order valence-corrected chi connectivity index (χ3v) is 4.51. The number of fused-ring (bicyclic) bond motifs is 3. The second-order valence-electron chi connectivity index (χ2n) is 5.75. The summed E-state index contributed by atoms with van der Waals surface area (Å²) in [5.74, 6) is 1.59. The molecule has 2 aromatic heterocycles. The van der Waals surface area contributed by atoms with Gasteiger partial charge in [0.25, 0.3) is 0 Å². The highest BCUT2D eigenvalue weighted by atomic mass is 35.5. The van der Waals surface area contributed by atoms with Crippen molar-refractivity contribution in [3.8, 4) is 11.4 Å². The Kier molecular flexibility index (Phi) is 3.55. The Morgan fingerprint density at radius 1 is 1.00 bits per heavy atom. The maximum Gasteiger partial charge on any atom is 0.144 e. The first-order valence-corrected chi connectivity index (χ1v) is 8.33. The lowest BCUT2D eigenvalue weighted by Crippen LogP contribution is -1.98. The van der Waals surface area contributed by atoms with Crippen LogP contribution in [0.25, 0.3) is 27.8 Å². The quantitative estimate of drug-likeness (QED) is 0.472. The Balaban J connectivity index is 2.19. The molecule has 2 nitrogen and oxygen atoms in total. The lowest BCUT2D eigenvalue weighted by molar-refractivity contribution is 1.09. The van der Waals surface area contributed by atoms with Crippen LogP contribution in [0.3, 0.4) is 0 Å². The van der Waals surface area contributed by atoms with E-state index in [1.165, 1.54) is 27.5 Å². The van der Waals surface area contributed by atoms with Gasteiger partial charge in [0.1, 0.15) is 5.82 Å². The molecule has 23 heavy (non-hydrogen) atoms. The first kappa shape index (κ1) is 14.3. The summed E-state index contributed by atoms with van der Waals surface area (Å²) in [6.07, 6.45) is 2.83. The summed E-state index contributed by atoms with van der Waals surface area (Å²) < 4.78 is 2.28. The van der Waals surface area contributed by atoms with Crippen molar-refractivity contribution >= 4 is 28.0 Å². The maximum absolute atomic E-state index is 6.08. The van der Waals surface area contributed by atoms with E-state index in [1.807, 2.05) is 24.4 Å². The predicted molar refractivity (Wildman–Crippen MR) is 97.3 cm³/mol. The summed E-state index contributed by atoms with van der Waals surface area (Å²) in [5.41, 5.74) is 6.04. The van der Waals surface area contributed by atoms with E-state index < -0.39 is 0 Å². The van der Waals surface area contributed by atoms with Crippen LogP contribution in [0.1, 0.15) is 11.1 Å². The number of benzene rings is 2. The molecular weight excluding hydrogens is 304 g/mol. The second kappa shape index (κ2) is 5.71. The second-order valence-corrected chi connectivity index (χ2v) is 6.13. The number of hydrogen-bond acceptors (Lipinski definition) is 1. The maximum atomic E-state index is 6.08. The number of para-hydroxylation sites is 1. The minimum Gasteiger partial charge on any atom is -0.293 e. The molecule has 0 saturated heterocycles. The van der Waals surface area contributed by atoms with E-state index in [0.717, 1.165) is 17.8 Å². The minimum absolute atomic E-state index is 0.617. The summed E-state index contributed by atoms with van der Waals surface area (Å²) in [6.45, 7) is 2.12. The molecule has 0 saturated carbocycles. The summed E-state index contributed by atoms with van der Waals surface area (Å²) in [6, 6.07) is 18.8. The lowest BCUT2D eigenvalue weighted by Gasteiger charge is -2.09. The summed E-state index contributed by atoms with van der Waals surface area (Å²) in [5, 5.41) is 1.27. The zero-order chi connectivity index (χ0) is 15.8. The van der Waals surface area contributed by atoms with Crippen molar-refractivity contribution in [2.45, 2.75) is 13.3 Å². The topological polar surface area (TPSA) is 17.3 Å². The van der Waals surface area contributed by atoms with Crippen LogP contribution in [-0.2, 0) is 6.42 Å². The number of aromatic nitrogens is 2. The van der Waals surface area contributed by atoms with E-state index in [2.05, 4.69) is 47.7 Å². The van der Waals surface area contributed by atoms with Crippen LogP contribution in [-0.4, -0.2) is 15.3 Å². The van der Waals surface area contributed by atoms with Gasteiger partial charge in [-0.3, -0.25) is 4.40 Å². The van der Waals surface area contributed by atoms with Crippen molar-refractivity contribution in [1.29, 1.82) is 0 Å². The molecule has 0 amide bonds. The van der Waals surface area contributed by atoms with Gasteiger partial charge in [0.15, 0.2) is 0 Å². The van der Waals surface area contributed by atoms with Gasteiger partial charge in [0.05, 0.1) is 11.0 Å². The molecule has 0 radical (unpaired) electrons. The van der Waals surface area contributed by atoms with Gasteiger partial charge in [-0.2, -0.15) is 0 Å². The molecule has 0 aliphatic rings. The van der Waals surface area contributed by atoms with Gasteiger partial charge in [-0.25, -0.2) is 4.98 Å². The summed E-state index contributed by atoms with van der Waals surface area (Å²) >= 11 is 6.08. The van der Waals surface area contributed by atoms with E-state index in [0.29, 0.717) is 5.88 Å². The van der Waals surface area contributed by atoms with Gasteiger partial charge in [-0.1, -0.05) is 48.5 Å². The molecule has 3 heteroatoms. The van der Waals surface area contributed by atoms with Crippen molar-refractivity contribution in [1.82, 2.24) is 9.38 Å². The van der Waals surface area contributed by atoms with Crippen LogP contribution in [0.5, 0.6) is 0 Å². The summed E-state index contributed by atoms with van der Waals surface area (Å²) in [7, 11) is 0. The lowest BCUT2D eigenvalue weighted by atomic mass is 10.1. The average molecular weight is 321 g/mol. The van der Waals surface area contributed by atoms with Gasteiger partial charge >= 0.3 is 0 Å². The smallest absolute Gasteiger partial charge is 0.144 e. The van der Waals surface area contributed by atoms with E-state index in [9.17, 15) is 0 Å². The third kappa shape index (κ3) is 2.22. The van der Waals surface area contributed by atoms with Crippen molar-refractivity contribution in [3.05, 3.63) is 71.9 Å². The molecule has 0 N–H and O–H groups in total. The molecule has 0 aliphatic heterocycles. The van der Waals surface area contributed by atoms with E-state index in [-0.39, 0.29) is 0 Å². The van der Waals surface area contributed by atoms with Crippen molar-refractivity contribution in [2.75, 3.05) is 5.88 Å². The van der Waals surface area contributed by atoms with Crippen LogP contribution in [0.2, 0.25) is 0 Å². The molecule has 0 spiro atoms. The van der Waals surface area contributed by atoms with E-state index in [1.54, 1.807) is 0 Å². The SMILES string of the molecule is Cc1cnc(-c2ccccc2)n2c1c(CCCl)c1ccccc12. The fourth-order valence-electron chi connectivity index (χ4n) is 3.36. The predicted octanol–water partition coefficient (Wildman–Crippen LogP) is 5.24. The molecule has 2 aromatic carbocycles. The van der Waals surface area contributed by atoms with Gasteiger partial charge in [0, 0.05) is 23.0 Å². The molecule has 0 atom stereocenters. The number of alkyl halides is 1. The first-order valence-electron chi connectivity index (χ1n) is 7.80. The highest BCUT2D eigenvalue weighted by molar-refractivity contribution is 6.18. The Bertz CT molecular complexity index is 987. The normalized spacial score (nSPS) is 11.4. The Morgan fingerprint density at radius 2 is 1.74 bits per heavy atom. The first-order chi connectivity index (χ1) is 11.3. The molecule has 4 rings (SSSR count). The zero-order valence-electron chi connectivity index (χ0n) is 13.0. The molecule has 0 fully saturated rings. The van der Waals surface area contributed by atoms with Crippen LogP contribution in [0, 0.1) is 6.92 Å². The van der Waals surface area contributed by atoms with Gasteiger partial charge in [-0.05, 0) is 30.5 Å². The van der Waals surface area contributed by atoms with Crippen LogP contribution < -0.4 is 0 Å². The zero-order valence-corrected chi connectivity index (χ0v) is 13.7. The minimum atomic E-state index is 0.617. The molecule has 0 aliphatic carbocycles. The fourth-order valence-corrected chi connectivity index (χ4v) is 3.55. The van der Waals surface area contributed by atoms with Crippen molar-refractivity contribution in [3.63, 3.8) is 0 Å². The largest absolute Gasteiger partial charge is 0.293 e. The van der Waals surface area contributed by atoms with Crippen LogP contribution >= 0.6 is 11.6 Å². The number of nitrogens with zero attached hydrogens (tertiary/aromatic N) is 2. The molecule has 114 valence electrons. The monoisotopic (exact) mass is 320 g/mol. The highest BCUT2D eigenvalue weighted by Gasteiger charge is 2.16. The van der Waals surface area contributed by atoms with E-state index >= 15 is 0 Å². The Labute approximate surface area is 140 Å². The van der Waals surface area contributed by atoms with Crippen molar-refractivity contribution < 1.29 is 0 Å². The number of hydrogen-bond donors (Lipinski definition) is 0. The number of aryl methyl sites for hydroxylation is 2. The van der Waals surface area contributed by atoms with Crippen LogP contribution in [0.4, 0.5) is 0 Å². The number of rotatable bonds is 3. The third-order valence-electron chi connectivity index (χ3n) is 4.32. The highest BCUT2D eigenvalue weighted by Crippen LogP contribution is 2.32.